The maximum Gasteiger partial charge on any atom is 1.00 e. The molecule has 0 aromatic rings. The van der Waals surface area contributed by atoms with Gasteiger partial charge in [-0.1, -0.05) is 3.89 Å². The molecule has 0 saturated carbocycles. The van der Waals surface area contributed by atoms with Gasteiger partial charge in [-0.15, -0.1) is 0 Å². The predicted molar refractivity (Wildman–Crippen MR) is 22.4 cm³/mol. The van der Waals surface area contributed by atoms with Crippen molar-refractivity contribution in [2.24, 2.45) is 0 Å². The smallest absolute Gasteiger partial charge is 1.00 e. The van der Waals surface area contributed by atoms with Crippen LogP contribution in [0.4, 0.5) is 3.89 Å². The van der Waals surface area contributed by atoms with E-state index in [1.165, 1.54) is 0 Å². The van der Waals surface area contributed by atoms with Crippen LogP contribution >= 0.6 is 0 Å². The summed E-state index contributed by atoms with van der Waals surface area (Å²) >= 11 is 0. The van der Waals surface area contributed by atoms with Crippen molar-refractivity contribution < 1.29 is 46.7 Å². The second kappa shape index (κ2) is 4.27. The molecule has 0 heterocycles. The summed E-state index contributed by atoms with van der Waals surface area (Å²) in [5.74, 6) is 0. The van der Waals surface area contributed by atoms with Gasteiger partial charge >= 0.3 is 36.7 Å². The summed E-state index contributed by atoms with van der Waals surface area (Å²) in [4.78, 5) is 0. The molecule has 0 unspecified atom stereocenters. The van der Waals surface area contributed by atoms with E-state index in [4.69, 9.17) is 10.0 Å². The molecule has 0 aliphatic carbocycles. The molecule has 0 fully saturated rings. The van der Waals surface area contributed by atoms with Gasteiger partial charge in [0, 0.05) is 0 Å². The number of rotatable bonds is 2. The molecule has 0 radical (unpaired) electrons. The maximum absolute atomic E-state index is 11.1. The van der Waals surface area contributed by atoms with E-state index in [1.54, 1.807) is 0 Å². The van der Waals surface area contributed by atoms with Crippen LogP contribution in [0.2, 0.25) is 0 Å². The van der Waals surface area contributed by atoms with Gasteiger partial charge in [0.05, 0.1) is 0 Å². The van der Waals surface area contributed by atoms with E-state index in [9.17, 15) is 12.3 Å². The van der Waals surface area contributed by atoms with Crippen molar-refractivity contribution in [3.8, 4) is 0 Å². The van der Waals surface area contributed by atoms with Gasteiger partial charge in [-0.2, -0.15) is 8.42 Å². The summed E-state index contributed by atoms with van der Waals surface area (Å²) in [7, 11) is -7.84. The van der Waals surface area contributed by atoms with E-state index < -0.39 is 17.8 Å². The Morgan fingerprint density at radius 3 is 1.89 bits per heavy atom. The van der Waals surface area contributed by atoms with Crippen molar-refractivity contribution in [2.45, 2.75) is 0 Å². The molecule has 9 heteroatoms. The van der Waals surface area contributed by atoms with Crippen molar-refractivity contribution in [2.75, 3.05) is 0 Å². The SMILES string of the molecule is O=S(=O)(F)OB(O)O.[H-].[Li+]. The van der Waals surface area contributed by atoms with Crippen molar-refractivity contribution in [3.63, 3.8) is 0 Å². The molecule has 0 spiro atoms. The molecule has 0 bridgehead atoms. The van der Waals surface area contributed by atoms with Gasteiger partial charge in [0.1, 0.15) is 0 Å². The fourth-order valence-corrected chi connectivity index (χ4v) is 0.308. The molecule has 0 rings (SSSR count). The zero-order valence-electron chi connectivity index (χ0n) is 5.48. The van der Waals surface area contributed by atoms with Crippen LogP contribution in [0.3, 0.4) is 0 Å². The van der Waals surface area contributed by atoms with Crippen LogP contribution in [0.1, 0.15) is 1.43 Å². The molecule has 0 atom stereocenters. The largest absolute Gasteiger partial charge is 1.00 e. The Morgan fingerprint density at radius 1 is 1.56 bits per heavy atom. The molecule has 5 nitrogen and oxygen atoms in total. The third kappa shape index (κ3) is 11.8. The minimum absolute atomic E-state index is 0. The first-order valence-corrected chi connectivity index (χ1v) is 2.72. The molecule has 2 N–H and O–H groups in total. The second-order valence-electron chi connectivity index (χ2n) is 0.816. The first kappa shape index (κ1) is 12.1. The van der Waals surface area contributed by atoms with Crippen LogP contribution in [0.25, 0.3) is 0 Å². The summed E-state index contributed by atoms with van der Waals surface area (Å²) in [6.07, 6.45) is 0. The Labute approximate surface area is 65.1 Å². The van der Waals surface area contributed by atoms with Crippen LogP contribution in [0.5, 0.6) is 0 Å². The molecule has 0 saturated heterocycles. The summed E-state index contributed by atoms with van der Waals surface area (Å²) in [5, 5.41) is 15.2. The average Bonchev–Trinajstić information content (AvgIpc) is 1.21. The van der Waals surface area contributed by atoms with E-state index in [1.807, 2.05) is 0 Å². The minimum Gasteiger partial charge on any atom is -1.00 e. The minimum atomic E-state index is -5.22. The second-order valence-corrected chi connectivity index (χ2v) is 1.79. The van der Waals surface area contributed by atoms with Gasteiger partial charge in [0.15, 0.2) is 0 Å². The normalized spacial score (nSPS) is 10.1. The molecule has 9 heavy (non-hydrogen) atoms. The quantitative estimate of drug-likeness (QED) is 0.306. The Balaban J connectivity index is -0.000000245. The average molecular weight is 152 g/mol. The van der Waals surface area contributed by atoms with Crippen molar-refractivity contribution in [1.82, 2.24) is 0 Å². The molecule has 0 aliphatic heterocycles. The molecule has 0 aromatic heterocycles. The monoisotopic (exact) mass is 152 g/mol. The summed E-state index contributed by atoms with van der Waals surface area (Å²) in [6.45, 7) is 0. The number of hydrogen-bond acceptors (Lipinski definition) is 5. The van der Waals surface area contributed by atoms with Gasteiger partial charge in [0.25, 0.3) is 0 Å². The Bertz CT molecular complexity index is 155. The van der Waals surface area contributed by atoms with Crippen molar-refractivity contribution in [1.29, 1.82) is 0 Å². The first-order valence-electron chi connectivity index (χ1n) is 1.41. The molecule has 0 aromatic carbocycles. The molecule has 0 aliphatic rings. The Morgan fingerprint density at radius 2 is 1.89 bits per heavy atom. The fourth-order valence-electron chi connectivity index (χ4n) is 0.103. The van der Waals surface area contributed by atoms with Crippen molar-refractivity contribution >= 4 is 17.8 Å². The van der Waals surface area contributed by atoms with E-state index in [0.29, 0.717) is 0 Å². The van der Waals surface area contributed by atoms with E-state index in [0.717, 1.165) is 0 Å². The molecule has 50 valence electrons. The predicted octanol–water partition coefficient (Wildman–Crippen LogP) is -4.70. The molecule has 0 amide bonds. The topological polar surface area (TPSA) is 83.8 Å². The van der Waals surface area contributed by atoms with Crippen LogP contribution < -0.4 is 18.9 Å². The van der Waals surface area contributed by atoms with Crippen LogP contribution in [-0.4, -0.2) is 25.8 Å². The summed E-state index contributed by atoms with van der Waals surface area (Å²) in [6, 6.07) is 0. The van der Waals surface area contributed by atoms with Gasteiger partial charge in [-0.05, 0) is 0 Å². The van der Waals surface area contributed by atoms with E-state index in [2.05, 4.69) is 4.10 Å². The van der Waals surface area contributed by atoms with Crippen molar-refractivity contribution in [3.05, 3.63) is 0 Å². The summed E-state index contributed by atoms with van der Waals surface area (Å²) < 4.78 is 32.4. The van der Waals surface area contributed by atoms with Gasteiger partial charge in [0.2, 0.25) is 0 Å². The Hall–Kier alpha value is 0.422. The number of hydrogen-bond donors (Lipinski definition) is 2. The third-order valence-electron chi connectivity index (χ3n) is 0.201. The van der Waals surface area contributed by atoms with Gasteiger partial charge in [-0.3, -0.25) is 0 Å². The van der Waals surface area contributed by atoms with Gasteiger partial charge < -0.3 is 11.5 Å². The first-order chi connectivity index (χ1) is 3.42. The maximum atomic E-state index is 11.1. The zero-order valence-corrected chi connectivity index (χ0v) is 5.30. The molecular weight excluding hydrogens is 149 g/mol. The molecular formula is H3BFLiO5S. The van der Waals surface area contributed by atoms with Crippen LogP contribution in [-0.2, 0) is 14.6 Å². The Kier molecular flexibility index (Phi) is 5.76. The van der Waals surface area contributed by atoms with Crippen LogP contribution in [0, 0.1) is 0 Å². The zero-order chi connectivity index (χ0) is 6.78. The van der Waals surface area contributed by atoms with Gasteiger partial charge in [-0.25, -0.2) is 4.10 Å². The van der Waals surface area contributed by atoms with Crippen LogP contribution in [0.15, 0.2) is 0 Å². The van der Waals surface area contributed by atoms with E-state index >= 15 is 0 Å². The fraction of sp³-hybridized carbons (Fsp3) is 0. The van der Waals surface area contributed by atoms with E-state index in [-0.39, 0.29) is 20.3 Å². The number of halogens is 1. The third-order valence-corrected chi connectivity index (χ3v) is 0.603. The summed E-state index contributed by atoms with van der Waals surface area (Å²) in [5.41, 5.74) is 0. The standard InChI is InChI=1S/BFH2O5S.Li.H/c2-8(5,6)7-1(3)4;;/h3-4H;;/q;+1;-1.